The number of benzene rings is 1. The lowest BCUT2D eigenvalue weighted by atomic mass is 10.2. The van der Waals surface area contributed by atoms with Crippen LogP contribution in [0, 0.1) is 10.1 Å². The van der Waals surface area contributed by atoms with Crippen LogP contribution in [0.15, 0.2) is 23.1 Å². The smallest absolute Gasteiger partial charge is 0.271 e. The molecule has 1 aliphatic carbocycles. The number of ether oxygens (including phenoxy) is 1. The van der Waals surface area contributed by atoms with Gasteiger partial charge in [0.1, 0.15) is 10.6 Å². The summed E-state index contributed by atoms with van der Waals surface area (Å²) in [6.45, 7) is 0. The SMILES string of the molecule is COc1ccc([N+](=O)[O-])cc1S(=O)(=O)NC1CCCC1N. The van der Waals surface area contributed by atoms with Gasteiger partial charge in [0.25, 0.3) is 5.69 Å². The molecule has 0 bridgehead atoms. The number of nitro benzene ring substituents is 1. The standard InChI is InChI=1S/C12H17N3O5S/c1-20-11-6-5-8(15(16)17)7-12(11)21(18,19)14-10-4-2-3-9(10)13/h5-7,9-10,14H,2-4,13H2,1H3. The summed E-state index contributed by atoms with van der Waals surface area (Å²) in [4.78, 5) is 9.90. The van der Waals surface area contributed by atoms with Gasteiger partial charge in [0.15, 0.2) is 0 Å². The Morgan fingerprint density at radius 1 is 1.43 bits per heavy atom. The van der Waals surface area contributed by atoms with Gasteiger partial charge in [0, 0.05) is 24.2 Å². The van der Waals surface area contributed by atoms with Crippen molar-refractivity contribution in [3.8, 4) is 5.75 Å². The van der Waals surface area contributed by atoms with E-state index in [9.17, 15) is 18.5 Å². The predicted molar refractivity (Wildman–Crippen MR) is 75.6 cm³/mol. The van der Waals surface area contributed by atoms with Gasteiger partial charge in [-0.3, -0.25) is 10.1 Å². The highest BCUT2D eigenvalue weighted by atomic mass is 32.2. The topological polar surface area (TPSA) is 125 Å². The van der Waals surface area contributed by atoms with Gasteiger partial charge in [-0.05, 0) is 18.9 Å². The van der Waals surface area contributed by atoms with Crippen molar-refractivity contribution in [2.45, 2.75) is 36.2 Å². The average Bonchev–Trinajstić information content (AvgIpc) is 2.82. The summed E-state index contributed by atoms with van der Waals surface area (Å²) in [5.41, 5.74) is 5.53. The zero-order chi connectivity index (χ0) is 15.6. The summed E-state index contributed by atoms with van der Waals surface area (Å²) >= 11 is 0. The van der Waals surface area contributed by atoms with Crippen molar-refractivity contribution in [2.24, 2.45) is 5.73 Å². The van der Waals surface area contributed by atoms with Gasteiger partial charge in [-0.1, -0.05) is 6.42 Å². The molecule has 1 aliphatic rings. The summed E-state index contributed by atoms with van der Waals surface area (Å²) in [5, 5.41) is 10.8. The van der Waals surface area contributed by atoms with Crippen molar-refractivity contribution in [2.75, 3.05) is 7.11 Å². The van der Waals surface area contributed by atoms with Crippen LogP contribution in [-0.4, -0.2) is 32.5 Å². The van der Waals surface area contributed by atoms with Gasteiger partial charge in [-0.15, -0.1) is 0 Å². The lowest BCUT2D eigenvalue weighted by Crippen LogP contribution is -2.43. The Kier molecular flexibility index (Phi) is 4.45. The maximum absolute atomic E-state index is 12.4. The molecular weight excluding hydrogens is 298 g/mol. The molecule has 0 aromatic heterocycles. The molecule has 2 rings (SSSR count). The van der Waals surface area contributed by atoms with Gasteiger partial charge >= 0.3 is 0 Å². The second-order valence-corrected chi connectivity index (χ2v) is 6.60. The first-order valence-electron chi connectivity index (χ1n) is 6.45. The number of hydrogen-bond donors (Lipinski definition) is 2. The van der Waals surface area contributed by atoms with Crippen molar-refractivity contribution < 1.29 is 18.1 Å². The monoisotopic (exact) mass is 315 g/mol. The summed E-state index contributed by atoms with van der Waals surface area (Å²) in [5.74, 6) is 0.0552. The van der Waals surface area contributed by atoms with E-state index in [1.165, 1.54) is 19.2 Å². The van der Waals surface area contributed by atoms with Crippen LogP contribution in [-0.2, 0) is 10.0 Å². The fourth-order valence-electron chi connectivity index (χ4n) is 2.39. The molecular formula is C12H17N3O5S. The van der Waals surface area contributed by atoms with Crippen LogP contribution < -0.4 is 15.2 Å². The third-order valence-corrected chi connectivity index (χ3v) is 5.03. The van der Waals surface area contributed by atoms with E-state index < -0.39 is 14.9 Å². The Bertz CT molecular complexity index is 646. The van der Waals surface area contributed by atoms with Crippen LogP contribution >= 0.6 is 0 Å². The average molecular weight is 315 g/mol. The number of rotatable bonds is 5. The van der Waals surface area contributed by atoms with Gasteiger partial charge in [0.2, 0.25) is 10.0 Å². The predicted octanol–water partition coefficient (Wildman–Crippen LogP) is 0.761. The molecule has 21 heavy (non-hydrogen) atoms. The fourth-order valence-corrected chi connectivity index (χ4v) is 3.90. The molecule has 2 atom stereocenters. The Morgan fingerprint density at radius 3 is 2.67 bits per heavy atom. The molecule has 1 saturated carbocycles. The van der Waals surface area contributed by atoms with E-state index in [4.69, 9.17) is 10.5 Å². The molecule has 9 heteroatoms. The van der Waals surface area contributed by atoms with E-state index >= 15 is 0 Å². The number of nitrogens with zero attached hydrogens (tertiary/aromatic N) is 1. The van der Waals surface area contributed by atoms with Gasteiger partial charge < -0.3 is 10.5 Å². The van der Waals surface area contributed by atoms with Crippen LogP contribution in [0.3, 0.4) is 0 Å². The molecule has 3 N–H and O–H groups in total. The molecule has 0 radical (unpaired) electrons. The molecule has 8 nitrogen and oxygen atoms in total. The summed E-state index contributed by atoms with van der Waals surface area (Å²) in [7, 11) is -2.63. The highest BCUT2D eigenvalue weighted by Gasteiger charge is 2.31. The number of nitrogens with two attached hydrogens (primary N) is 1. The maximum atomic E-state index is 12.4. The Hall–Kier alpha value is -1.71. The van der Waals surface area contributed by atoms with E-state index in [0.29, 0.717) is 6.42 Å². The highest BCUT2D eigenvalue weighted by molar-refractivity contribution is 7.89. The van der Waals surface area contributed by atoms with Crippen molar-refractivity contribution in [1.82, 2.24) is 4.72 Å². The fraction of sp³-hybridized carbons (Fsp3) is 0.500. The largest absolute Gasteiger partial charge is 0.495 e. The van der Waals surface area contributed by atoms with Crippen LogP contribution in [0.4, 0.5) is 5.69 Å². The zero-order valence-electron chi connectivity index (χ0n) is 11.5. The minimum absolute atomic E-state index is 0.0552. The van der Waals surface area contributed by atoms with E-state index in [1.807, 2.05) is 0 Å². The maximum Gasteiger partial charge on any atom is 0.271 e. The Morgan fingerprint density at radius 2 is 2.14 bits per heavy atom. The number of sulfonamides is 1. The quantitative estimate of drug-likeness (QED) is 0.610. The van der Waals surface area contributed by atoms with Gasteiger partial charge in [-0.2, -0.15) is 0 Å². The number of methoxy groups -OCH3 is 1. The summed E-state index contributed by atoms with van der Waals surface area (Å²) in [6.07, 6.45) is 2.25. The molecule has 0 saturated heterocycles. The van der Waals surface area contributed by atoms with Crippen LogP contribution in [0.25, 0.3) is 0 Å². The third-order valence-electron chi connectivity index (χ3n) is 3.52. The normalized spacial score (nSPS) is 22.2. The van der Waals surface area contributed by atoms with Gasteiger partial charge in [-0.25, -0.2) is 13.1 Å². The minimum Gasteiger partial charge on any atom is -0.495 e. The summed E-state index contributed by atoms with van der Waals surface area (Å²) in [6, 6.07) is 2.84. The van der Waals surface area contributed by atoms with E-state index in [-0.39, 0.29) is 28.4 Å². The highest BCUT2D eigenvalue weighted by Crippen LogP contribution is 2.29. The Labute approximate surface area is 122 Å². The number of non-ortho nitro benzene ring substituents is 1. The number of nitro groups is 1. The van der Waals surface area contributed by atoms with Crippen molar-refractivity contribution in [3.63, 3.8) is 0 Å². The van der Waals surface area contributed by atoms with Crippen LogP contribution in [0.5, 0.6) is 5.75 Å². The van der Waals surface area contributed by atoms with Crippen molar-refractivity contribution >= 4 is 15.7 Å². The molecule has 2 unspecified atom stereocenters. The van der Waals surface area contributed by atoms with E-state index in [1.54, 1.807) is 0 Å². The molecule has 0 heterocycles. The van der Waals surface area contributed by atoms with Crippen molar-refractivity contribution in [1.29, 1.82) is 0 Å². The van der Waals surface area contributed by atoms with Gasteiger partial charge in [0.05, 0.1) is 12.0 Å². The summed E-state index contributed by atoms with van der Waals surface area (Å²) < 4.78 is 32.3. The second kappa shape index (κ2) is 5.96. The van der Waals surface area contributed by atoms with Crippen LogP contribution in [0.2, 0.25) is 0 Å². The second-order valence-electron chi connectivity index (χ2n) is 4.91. The van der Waals surface area contributed by atoms with E-state index in [2.05, 4.69) is 4.72 Å². The first-order chi connectivity index (χ1) is 9.85. The third kappa shape index (κ3) is 3.31. The molecule has 1 aromatic rings. The Balaban J connectivity index is 2.38. The van der Waals surface area contributed by atoms with Crippen LogP contribution in [0.1, 0.15) is 19.3 Å². The lowest BCUT2D eigenvalue weighted by Gasteiger charge is -2.18. The molecule has 0 amide bonds. The molecule has 0 aliphatic heterocycles. The first kappa shape index (κ1) is 15.7. The number of hydrogen-bond acceptors (Lipinski definition) is 6. The zero-order valence-corrected chi connectivity index (χ0v) is 12.3. The van der Waals surface area contributed by atoms with Crippen molar-refractivity contribution in [3.05, 3.63) is 28.3 Å². The number of nitrogens with one attached hydrogen (secondary N) is 1. The lowest BCUT2D eigenvalue weighted by molar-refractivity contribution is -0.385. The first-order valence-corrected chi connectivity index (χ1v) is 7.94. The van der Waals surface area contributed by atoms with E-state index in [0.717, 1.165) is 18.9 Å². The molecule has 1 fully saturated rings. The molecule has 116 valence electrons. The molecule has 1 aromatic carbocycles. The minimum atomic E-state index is -3.93. The molecule has 0 spiro atoms.